The molecule has 1 aliphatic rings. The van der Waals surface area contributed by atoms with Crippen LogP contribution in [0.1, 0.15) is 27.5 Å². The number of ether oxygens (including phenoxy) is 2. The maximum atomic E-state index is 12.7. The molecule has 2 aromatic heterocycles. The number of aromatic nitrogens is 1. The molecule has 5 nitrogen and oxygen atoms in total. The molecule has 0 radical (unpaired) electrons. The van der Waals surface area contributed by atoms with Gasteiger partial charge in [-0.05, 0) is 44.2 Å². The van der Waals surface area contributed by atoms with E-state index in [1.807, 2.05) is 56.3 Å². The van der Waals surface area contributed by atoms with E-state index in [9.17, 15) is 4.79 Å². The van der Waals surface area contributed by atoms with Crippen molar-refractivity contribution in [3.8, 4) is 11.5 Å². The Hall–Kier alpha value is -2.60. The van der Waals surface area contributed by atoms with Crippen molar-refractivity contribution in [2.75, 3.05) is 12.4 Å². The van der Waals surface area contributed by atoms with Gasteiger partial charge in [0.25, 0.3) is 0 Å². The number of fused-ring (bicyclic) bond motifs is 1. The zero-order chi connectivity index (χ0) is 19.5. The number of hydrogen-bond acceptors (Lipinski definition) is 5. The van der Waals surface area contributed by atoms with Crippen molar-refractivity contribution in [1.29, 1.82) is 0 Å². The minimum absolute atomic E-state index is 0.0871. The van der Waals surface area contributed by atoms with Gasteiger partial charge >= 0.3 is 0 Å². The molecular formula is C22H23NO4S. The number of ketones is 1. The first-order chi connectivity index (χ1) is 13.6. The molecule has 146 valence electrons. The molecule has 0 aliphatic carbocycles. The Labute approximate surface area is 168 Å². The number of furan rings is 1. The maximum absolute atomic E-state index is 12.7. The Balaban J connectivity index is 1.40. The number of carbonyl (C=O) groups excluding carboxylic acids is 1. The Morgan fingerprint density at radius 2 is 2.00 bits per heavy atom. The van der Waals surface area contributed by atoms with Crippen LogP contribution in [0.2, 0.25) is 0 Å². The summed E-state index contributed by atoms with van der Waals surface area (Å²) >= 11 is 1.57. The number of carbonyl (C=O) groups is 1. The highest BCUT2D eigenvalue weighted by molar-refractivity contribution is 7.99. The van der Waals surface area contributed by atoms with Gasteiger partial charge in [0.2, 0.25) is 0 Å². The first kappa shape index (κ1) is 18.7. The van der Waals surface area contributed by atoms with Gasteiger partial charge in [0.1, 0.15) is 12.4 Å². The van der Waals surface area contributed by atoms with E-state index < -0.39 is 0 Å². The monoisotopic (exact) mass is 397 g/mol. The Morgan fingerprint density at radius 3 is 2.79 bits per heavy atom. The lowest BCUT2D eigenvalue weighted by Gasteiger charge is -2.27. The molecule has 4 rings (SSSR count). The van der Waals surface area contributed by atoms with Crippen LogP contribution < -0.4 is 9.47 Å². The van der Waals surface area contributed by atoms with Gasteiger partial charge < -0.3 is 18.5 Å². The molecule has 0 spiro atoms. The van der Waals surface area contributed by atoms with Crippen molar-refractivity contribution in [2.24, 2.45) is 0 Å². The highest BCUT2D eigenvalue weighted by Gasteiger charge is 2.23. The number of nitrogens with zero attached hydrogens (tertiary/aromatic N) is 1. The fraction of sp³-hybridized carbons (Fsp3) is 0.318. The van der Waals surface area contributed by atoms with E-state index in [0.29, 0.717) is 24.7 Å². The quantitative estimate of drug-likeness (QED) is 0.543. The first-order valence-electron chi connectivity index (χ1n) is 9.30. The lowest BCUT2D eigenvalue weighted by atomic mass is 10.2. The van der Waals surface area contributed by atoms with Gasteiger partial charge in [-0.3, -0.25) is 4.79 Å². The molecule has 28 heavy (non-hydrogen) atoms. The molecule has 1 unspecified atom stereocenters. The van der Waals surface area contributed by atoms with E-state index in [0.717, 1.165) is 34.2 Å². The number of rotatable bonds is 7. The second kappa shape index (κ2) is 8.19. The van der Waals surface area contributed by atoms with Crippen molar-refractivity contribution in [3.05, 3.63) is 71.4 Å². The Bertz CT molecular complexity index is 961. The summed E-state index contributed by atoms with van der Waals surface area (Å²) in [5, 5.41) is 0. The third-order valence-corrected chi connectivity index (χ3v) is 5.84. The van der Waals surface area contributed by atoms with Crippen LogP contribution in [-0.2, 0) is 12.3 Å². The zero-order valence-corrected chi connectivity index (χ0v) is 16.8. The van der Waals surface area contributed by atoms with Gasteiger partial charge in [0.05, 0.1) is 24.3 Å². The molecule has 3 heterocycles. The van der Waals surface area contributed by atoms with E-state index in [2.05, 4.69) is 4.57 Å². The Kier molecular flexibility index (Phi) is 5.48. The predicted molar refractivity (Wildman–Crippen MR) is 109 cm³/mol. The minimum atomic E-state index is -0.0871. The first-order valence-corrected chi connectivity index (χ1v) is 10.5. The molecule has 0 fully saturated rings. The fourth-order valence-electron chi connectivity index (χ4n) is 3.44. The maximum Gasteiger partial charge on any atom is 0.174 e. The molecule has 1 aromatic carbocycles. The summed E-state index contributed by atoms with van der Waals surface area (Å²) in [7, 11) is 0. The average molecular weight is 397 g/mol. The third kappa shape index (κ3) is 3.97. The average Bonchev–Trinajstić information content (AvgIpc) is 3.31. The molecule has 0 saturated heterocycles. The van der Waals surface area contributed by atoms with Crippen molar-refractivity contribution >= 4 is 17.5 Å². The summed E-state index contributed by atoms with van der Waals surface area (Å²) in [5.74, 6) is 3.71. The number of hydrogen-bond donors (Lipinski definition) is 0. The van der Waals surface area contributed by atoms with Crippen LogP contribution in [0.4, 0.5) is 0 Å². The summed E-state index contributed by atoms with van der Waals surface area (Å²) in [6.45, 7) is 5.17. The van der Waals surface area contributed by atoms with Crippen LogP contribution >= 0.6 is 11.8 Å². The smallest absolute Gasteiger partial charge is 0.174 e. The molecule has 6 heteroatoms. The van der Waals surface area contributed by atoms with Crippen LogP contribution in [0.5, 0.6) is 11.5 Å². The highest BCUT2D eigenvalue weighted by Crippen LogP contribution is 2.31. The van der Waals surface area contributed by atoms with Gasteiger partial charge in [-0.25, -0.2) is 0 Å². The summed E-state index contributed by atoms with van der Waals surface area (Å²) in [6.07, 6.45) is 1.57. The molecule has 1 atom stereocenters. The van der Waals surface area contributed by atoms with Crippen molar-refractivity contribution in [2.45, 2.75) is 32.2 Å². The standard InChI is InChI=1S/C22H23NO4S/c1-15-10-19(20(24)14-28-13-17-6-5-9-25-17)16(2)23(15)11-18-12-26-21-7-3-4-8-22(21)27-18/h3-10,18H,11-14H2,1-2H3. The number of para-hydroxylation sites is 2. The fourth-order valence-corrected chi connectivity index (χ4v) is 4.25. The Morgan fingerprint density at radius 1 is 1.18 bits per heavy atom. The van der Waals surface area contributed by atoms with Gasteiger partial charge in [0.15, 0.2) is 23.4 Å². The molecule has 0 saturated carbocycles. The van der Waals surface area contributed by atoms with Crippen LogP contribution in [0.15, 0.2) is 53.1 Å². The molecule has 0 N–H and O–H groups in total. The van der Waals surface area contributed by atoms with Gasteiger partial charge in [-0.15, -0.1) is 11.8 Å². The summed E-state index contributed by atoms with van der Waals surface area (Å²) < 4.78 is 19.4. The van der Waals surface area contributed by atoms with E-state index in [-0.39, 0.29) is 11.9 Å². The van der Waals surface area contributed by atoms with E-state index in [1.165, 1.54) is 0 Å². The topological polar surface area (TPSA) is 53.6 Å². The largest absolute Gasteiger partial charge is 0.486 e. The summed E-state index contributed by atoms with van der Waals surface area (Å²) in [4.78, 5) is 12.7. The number of thioether (sulfide) groups is 1. The molecule has 1 aliphatic heterocycles. The van der Waals surface area contributed by atoms with Gasteiger partial charge in [0, 0.05) is 17.0 Å². The molecule has 3 aromatic rings. The van der Waals surface area contributed by atoms with Crippen LogP contribution in [0, 0.1) is 13.8 Å². The van der Waals surface area contributed by atoms with Crippen LogP contribution in [0.25, 0.3) is 0 Å². The lowest BCUT2D eigenvalue weighted by Crippen LogP contribution is -2.33. The van der Waals surface area contributed by atoms with Crippen molar-refractivity contribution in [3.63, 3.8) is 0 Å². The summed E-state index contributed by atoms with van der Waals surface area (Å²) in [6, 6.07) is 13.5. The molecular weight excluding hydrogens is 374 g/mol. The van der Waals surface area contributed by atoms with Crippen molar-refractivity contribution < 1.29 is 18.7 Å². The highest BCUT2D eigenvalue weighted by atomic mass is 32.2. The van der Waals surface area contributed by atoms with Crippen LogP contribution in [-0.4, -0.2) is 28.8 Å². The molecule has 0 amide bonds. The van der Waals surface area contributed by atoms with Crippen molar-refractivity contribution in [1.82, 2.24) is 4.57 Å². The zero-order valence-electron chi connectivity index (χ0n) is 16.0. The number of Topliss-reactive ketones (excluding diaryl/α,β-unsaturated/α-hetero) is 1. The van der Waals surface area contributed by atoms with E-state index in [4.69, 9.17) is 13.9 Å². The van der Waals surface area contributed by atoms with Gasteiger partial charge in [-0.1, -0.05) is 12.1 Å². The predicted octanol–water partition coefficient (Wildman–Crippen LogP) is 4.65. The molecule has 0 bridgehead atoms. The lowest BCUT2D eigenvalue weighted by molar-refractivity contribution is 0.0777. The van der Waals surface area contributed by atoms with Crippen LogP contribution in [0.3, 0.4) is 0 Å². The van der Waals surface area contributed by atoms with E-state index >= 15 is 0 Å². The second-order valence-electron chi connectivity index (χ2n) is 6.89. The third-order valence-electron chi connectivity index (χ3n) is 4.89. The SMILES string of the molecule is Cc1cc(C(=O)CSCc2ccco2)c(C)n1CC1COc2ccccc2O1. The number of benzene rings is 1. The normalized spacial score (nSPS) is 15.6. The van der Waals surface area contributed by atoms with Gasteiger partial charge in [-0.2, -0.15) is 0 Å². The minimum Gasteiger partial charge on any atom is -0.486 e. The second-order valence-corrected chi connectivity index (χ2v) is 7.87. The van der Waals surface area contributed by atoms with E-state index in [1.54, 1.807) is 18.0 Å². The summed E-state index contributed by atoms with van der Waals surface area (Å²) in [5.41, 5.74) is 2.81. The number of aryl methyl sites for hydroxylation is 1.